The van der Waals surface area contributed by atoms with Crippen LogP contribution >= 0.6 is 0 Å². The second-order valence-corrected chi connectivity index (χ2v) is 13.4. The number of fused-ring (bicyclic) bond motifs is 3. The van der Waals surface area contributed by atoms with E-state index in [1.165, 1.54) is 0 Å². The number of sulfonamides is 1. The summed E-state index contributed by atoms with van der Waals surface area (Å²) in [6, 6.07) is 7.96. The maximum Gasteiger partial charge on any atom is 0.212 e. The molecule has 1 saturated carbocycles. The van der Waals surface area contributed by atoms with Crippen molar-refractivity contribution in [2.45, 2.75) is 86.1 Å². The van der Waals surface area contributed by atoms with Crippen molar-refractivity contribution in [3.63, 3.8) is 0 Å². The standard InChI is InChI=1S/C29H43N5O3S/c1-6-8-15-24-33-25-26(21-13-9-10-14-22(21)32-27(25)30)34(24)17-12-11-16-31-38(36,37)19-29(5)23(35)18-20(7-2)28(29,3)4/h9-10,13-14,20,31H,6-8,11-12,15-19H2,1-5H3,(H2,30,32)/t20-,29?/m1/s1. The number of nitrogen functional groups attached to an aromatic ring is 1. The highest BCUT2D eigenvalue weighted by Gasteiger charge is 2.58. The molecule has 1 aliphatic carbocycles. The van der Waals surface area contributed by atoms with Crippen LogP contribution in [0.25, 0.3) is 21.9 Å². The summed E-state index contributed by atoms with van der Waals surface area (Å²) >= 11 is 0. The molecule has 0 bridgehead atoms. The summed E-state index contributed by atoms with van der Waals surface area (Å²) in [6.45, 7) is 11.2. The molecule has 2 atom stereocenters. The third-order valence-electron chi connectivity index (χ3n) is 9.04. The van der Waals surface area contributed by atoms with E-state index >= 15 is 0 Å². The number of carbonyl (C=O) groups is 1. The van der Waals surface area contributed by atoms with Crippen LogP contribution in [-0.4, -0.2) is 41.0 Å². The van der Waals surface area contributed by atoms with Gasteiger partial charge in [0.25, 0.3) is 0 Å². The lowest BCUT2D eigenvalue weighted by Crippen LogP contribution is -2.46. The molecule has 0 radical (unpaired) electrons. The minimum Gasteiger partial charge on any atom is -0.382 e. The van der Waals surface area contributed by atoms with Crippen molar-refractivity contribution in [1.82, 2.24) is 19.3 Å². The van der Waals surface area contributed by atoms with Crippen LogP contribution in [0, 0.1) is 16.7 Å². The van der Waals surface area contributed by atoms with Gasteiger partial charge >= 0.3 is 0 Å². The smallest absolute Gasteiger partial charge is 0.212 e. The first kappa shape index (κ1) is 28.5. The maximum atomic E-state index is 13.0. The Balaban J connectivity index is 1.45. The van der Waals surface area contributed by atoms with Crippen molar-refractivity contribution in [2.24, 2.45) is 16.7 Å². The lowest BCUT2D eigenvalue weighted by molar-refractivity contribution is -0.126. The monoisotopic (exact) mass is 541 g/mol. The van der Waals surface area contributed by atoms with Crippen molar-refractivity contribution in [3.8, 4) is 0 Å². The highest BCUT2D eigenvalue weighted by Crippen LogP contribution is 2.55. The summed E-state index contributed by atoms with van der Waals surface area (Å²) in [5.74, 6) is 1.54. The molecule has 8 nitrogen and oxygen atoms in total. The summed E-state index contributed by atoms with van der Waals surface area (Å²) < 4.78 is 31.1. The summed E-state index contributed by atoms with van der Waals surface area (Å²) in [7, 11) is -3.60. The van der Waals surface area contributed by atoms with Gasteiger partial charge in [-0.2, -0.15) is 0 Å². The minimum absolute atomic E-state index is 0.0623. The molecule has 1 aliphatic rings. The first-order valence-corrected chi connectivity index (χ1v) is 15.6. The van der Waals surface area contributed by atoms with E-state index in [2.05, 4.69) is 34.2 Å². The van der Waals surface area contributed by atoms with Gasteiger partial charge in [-0.25, -0.2) is 23.1 Å². The Labute approximate surface area is 226 Å². The average Bonchev–Trinajstić information content (AvgIpc) is 3.31. The second kappa shape index (κ2) is 10.9. The number of hydrogen-bond donors (Lipinski definition) is 2. The van der Waals surface area contributed by atoms with Crippen LogP contribution in [0.4, 0.5) is 5.82 Å². The summed E-state index contributed by atoms with van der Waals surface area (Å²) in [5, 5.41) is 1.02. The Morgan fingerprint density at radius 3 is 2.53 bits per heavy atom. The fourth-order valence-corrected chi connectivity index (χ4v) is 8.01. The average molecular weight is 542 g/mol. The highest BCUT2D eigenvalue weighted by molar-refractivity contribution is 7.89. The fraction of sp³-hybridized carbons (Fsp3) is 0.621. The molecule has 0 amide bonds. The number of benzene rings is 1. The van der Waals surface area contributed by atoms with Crippen LogP contribution in [0.15, 0.2) is 24.3 Å². The molecule has 38 heavy (non-hydrogen) atoms. The summed E-state index contributed by atoms with van der Waals surface area (Å²) in [4.78, 5) is 22.3. The molecule has 0 spiro atoms. The molecule has 2 heterocycles. The molecule has 9 heteroatoms. The summed E-state index contributed by atoms with van der Waals surface area (Å²) in [6.07, 6.45) is 5.75. The van der Waals surface area contributed by atoms with Gasteiger partial charge < -0.3 is 10.3 Å². The van der Waals surface area contributed by atoms with Crippen LogP contribution in [0.3, 0.4) is 0 Å². The number of ketones is 1. The Bertz CT molecular complexity index is 1430. The van der Waals surface area contributed by atoms with Gasteiger partial charge in [-0.15, -0.1) is 0 Å². The summed E-state index contributed by atoms with van der Waals surface area (Å²) in [5.41, 5.74) is 7.64. The minimum atomic E-state index is -3.60. The Kier molecular flexibility index (Phi) is 8.19. The van der Waals surface area contributed by atoms with Crippen molar-refractivity contribution in [2.75, 3.05) is 18.0 Å². The van der Waals surface area contributed by atoms with Crippen molar-refractivity contribution >= 4 is 43.6 Å². The first-order valence-electron chi connectivity index (χ1n) is 14.0. The Hall–Kier alpha value is -2.52. The number of imidazole rings is 1. The van der Waals surface area contributed by atoms with Gasteiger partial charge in [0.1, 0.15) is 17.1 Å². The van der Waals surface area contributed by atoms with Gasteiger partial charge in [-0.1, -0.05) is 65.7 Å². The quantitative estimate of drug-likeness (QED) is 0.303. The third kappa shape index (κ3) is 5.19. The molecule has 208 valence electrons. The molecular formula is C29H43N5O3S. The molecule has 2 aromatic heterocycles. The maximum absolute atomic E-state index is 13.0. The number of Topliss-reactive ketones (excluding diaryl/α,β-unsaturated/α-hetero) is 1. The van der Waals surface area contributed by atoms with E-state index in [1.54, 1.807) is 0 Å². The van der Waals surface area contributed by atoms with Crippen molar-refractivity contribution in [3.05, 3.63) is 30.1 Å². The van der Waals surface area contributed by atoms with E-state index in [4.69, 9.17) is 10.7 Å². The van der Waals surface area contributed by atoms with Gasteiger partial charge in [-0.05, 0) is 36.7 Å². The lowest BCUT2D eigenvalue weighted by Gasteiger charge is -2.39. The topological polar surface area (TPSA) is 120 Å². The predicted molar refractivity (Wildman–Crippen MR) is 154 cm³/mol. The number of rotatable bonds is 12. The molecule has 3 aromatic rings. The number of pyridine rings is 1. The molecule has 0 aliphatic heterocycles. The number of aromatic nitrogens is 3. The molecule has 1 fully saturated rings. The first-order chi connectivity index (χ1) is 17.9. The van der Waals surface area contributed by atoms with Crippen LogP contribution < -0.4 is 10.5 Å². The van der Waals surface area contributed by atoms with Gasteiger partial charge in [0.15, 0.2) is 5.82 Å². The van der Waals surface area contributed by atoms with E-state index in [-0.39, 0.29) is 22.9 Å². The van der Waals surface area contributed by atoms with Gasteiger partial charge in [-0.3, -0.25) is 4.79 Å². The Morgan fingerprint density at radius 1 is 1.11 bits per heavy atom. The number of carbonyl (C=O) groups excluding carboxylic acids is 1. The number of aryl methyl sites for hydroxylation is 2. The van der Waals surface area contributed by atoms with E-state index < -0.39 is 15.4 Å². The molecular weight excluding hydrogens is 498 g/mol. The van der Waals surface area contributed by atoms with Gasteiger partial charge in [0.2, 0.25) is 10.0 Å². The highest BCUT2D eigenvalue weighted by atomic mass is 32.2. The predicted octanol–water partition coefficient (Wildman–Crippen LogP) is 5.24. The van der Waals surface area contributed by atoms with Crippen LogP contribution in [0.5, 0.6) is 0 Å². The third-order valence-corrected chi connectivity index (χ3v) is 10.6. The molecule has 1 aromatic carbocycles. The van der Waals surface area contributed by atoms with Gasteiger partial charge in [0.05, 0.1) is 16.8 Å². The van der Waals surface area contributed by atoms with Crippen molar-refractivity contribution < 1.29 is 13.2 Å². The number of para-hydroxylation sites is 1. The van der Waals surface area contributed by atoms with Crippen molar-refractivity contribution in [1.29, 1.82) is 0 Å². The zero-order valence-electron chi connectivity index (χ0n) is 23.5. The number of nitrogens with two attached hydrogens (primary N) is 1. The SMILES string of the molecule is CCCCc1nc2c(N)nc3ccccc3c2n1CCCCNS(=O)(=O)CC1(C)C(=O)C[C@@H](CC)C1(C)C. The lowest BCUT2D eigenvalue weighted by atomic mass is 9.66. The van der Waals surface area contributed by atoms with E-state index in [0.717, 1.165) is 59.9 Å². The number of anilines is 1. The second-order valence-electron chi connectivity index (χ2n) is 11.6. The number of hydrogen-bond acceptors (Lipinski definition) is 6. The zero-order valence-corrected chi connectivity index (χ0v) is 24.3. The zero-order chi connectivity index (χ0) is 27.7. The normalized spacial score (nSPS) is 21.6. The molecule has 1 unspecified atom stereocenters. The van der Waals surface area contributed by atoms with E-state index in [0.29, 0.717) is 31.7 Å². The van der Waals surface area contributed by atoms with E-state index in [9.17, 15) is 13.2 Å². The van der Waals surface area contributed by atoms with E-state index in [1.807, 2.05) is 39.0 Å². The number of nitrogens with zero attached hydrogens (tertiary/aromatic N) is 3. The molecule has 4 rings (SSSR count). The molecule has 3 N–H and O–H groups in total. The largest absolute Gasteiger partial charge is 0.382 e. The number of nitrogens with one attached hydrogen (secondary N) is 1. The van der Waals surface area contributed by atoms with Crippen LogP contribution in [0.2, 0.25) is 0 Å². The molecule has 0 saturated heterocycles. The Morgan fingerprint density at radius 2 is 1.84 bits per heavy atom. The number of unbranched alkanes of at least 4 members (excludes halogenated alkanes) is 2. The van der Waals surface area contributed by atoms with Crippen LogP contribution in [0.1, 0.15) is 79.0 Å². The fourth-order valence-electron chi connectivity index (χ4n) is 6.16. The van der Waals surface area contributed by atoms with Crippen LogP contribution in [-0.2, 0) is 27.8 Å². The van der Waals surface area contributed by atoms with Gasteiger partial charge in [0, 0.05) is 36.7 Å².